The molecule has 1 fully saturated rings. The van der Waals surface area contributed by atoms with Crippen LogP contribution in [0.4, 0.5) is 0 Å². The first-order chi connectivity index (χ1) is 9.63. The molecule has 0 N–H and O–H groups in total. The lowest BCUT2D eigenvalue weighted by molar-refractivity contribution is 0.338. The normalized spacial score (nSPS) is 16.6. The summed E-state index contributed by atoms with van der Waals surface area (Å²) in [6.07, 6.45) is 4.69. The molecule has 1 aliphatic carbocycles. The molecule has 0 unspecified atom stereocenters. The second kappa shape index (κ2) is 6.76. The van der Waals surface area contributed by atoms with E-state index in [0.717, 1.165) is 32.1 Å². The van der Waals surface area contributed by atoms with E-state index < -0.39 is 9.84 Å². The summed E-state index contributed by atoms with van der Waals surface area (Å²) in [5.41, 5.74) is 0.433. The highest BCUT2D eigenvalue weighted by molar-refractivity contribution is 7.92. The smallest absolute Gasteiger partial charge is 0.156 e. The number of hydrogen-bond acceptors (Lipinski definition) is 4. The van der Waals surface area contributed by atoms with Gasteiger partial charge in [0.05, 0.1) is 16.6 Å². The van der Waals surface area contributed by atoms with Gasteiger partial charge in [0, 0.05) is 0 Å². The Morgan fingerprint density at radius 3 is 2.60 bits per heavy atom. The van der Waals surface area contributed by atoms with E-state index in [1.165, 1.54) is 0 Å². The van der Waals surface area contributed by atoms with E-state index in [1.807, 2.05) is 6.07 Å². The van der Waals surface area contributed by atoms with Crippen molar-refractivity contribution in [2.75, 3.05) is 12.4 Å². The highest BCUT2D eigenvalue weighted by Crippen LogP contribution is 2.24. The summed E-state index contributed by atoms with van der Waals surface area (Å²) in [5, 5.41) is 8.73. The number of sulfone groups is 1. The summed E-state index contributed by atoms with van der Waals surface area (Å²) in [6.45, 7) is 0.109. The summed E-state index contributed by atoms with van der Waals surface area (Å²) in [6, 6.07) is 8.90. The third-order valence-corrected chi connectivity index (χ3v) is 5.92. The standard InChI is InChI=1S/C15H19NO3S/c16-12-13-6-4-5-9-15(13)19-10-11-20(17,18)14-7-2-1-3-8-14/h4-6,9,14H,1-3,7-8,10-11H2. The van der Waals surface area contributed by atoms with Gasteiger partial charge in [-0.25, -0.2) is 8.42 Å². The molecule has 0 atom stereocenters. The predicted octanol–water partition coefficient (Wildman–Crippen LogP) is 2.68. The Balaban J connectivity index is 1.90. The lowest BCUT2D eigenvalue weighted by atomic mass is 10.0. The lowest BCUT2D eigenvalue weighted by Gasteiger charge is -2.21. The van der Waals surface area contributed by atoms with Crippen LogP contribution in [0, 0.1) is 11.3 Å². The van der Waals surface area contributed by atoms with Gasteiger partial charge in [0.1, 0.15) is 18.4 Å². The molecule has 0 saturated heterocycles. The molecule has 0 aromatic heterocycles. The summed E-state index contributed by atoms with van der Waals surface area (Å²) in [4.78, 5) is 0. The summed E-state index contributed by atoms with van der Waals surface area (Å²) in [5.74, 6) is 0.478. The molecule has 4 nitrogen and oxygen atoms in total. The van der Waals surface area contributed by atoms with E-state index in [2.05, 4.69) is 0 Å². The molecule has 0 amide bonds. The van der Waals surface area contributed by atoms with Gasteiger partial charge in [0.25, 0.3) is 0 Å². The number of rotatable bonds is 5. The van der Waals surface area contributed by atoms with E-state index >= 15 is 0 Å². The van der Waals surface area contributed by atoms with Crippen LogP contribution in [0.2, 0.25) is 0 Å². The van der Waals surface area contributed by atoms with E-state index in [0.29, 0.717) is 11.3 Å². The Morgan fingerprint density at radius 2 is 1.90 bits per heavy atom. The average molecular weight is 293 g/mol. The molecule has 1 aliphatic rings. The van der Waals surface area contributed by atoms with Crippen LogP contribution in [-0.2, 0) is 9.84 Å². The number of ether oxygens (including phenoxy) is 1. The van der Waals surface area contributed by atoms with Crippen LogP contribution in [0.25, 0.3) is 0 Å². The first-order valence-corrected chi connectivity index (χ1v) is 8.68. The molecule has 0 spiro atoms. The van der Waals surface area contributed by atoms with Gasteiger partial charge in [-0.3, -0.25) is 0 Å². The van der Waals surface area contributed by atoms with Crippen LogP contribution in [0.1, 0.15) is 37.7 Å². The van der Waals surface area contributed by atoms with Gasteiger partial charge >= 0.3 is 0 Å². The van der Waals surface area contributed by atoms with Gasteiger partial charge in [-0.15, -0.1) is 0 Å². The molecular formula is C15H19NO3S. The van der Waals surface area contributed by atoms with Crippen molar-refractivity contribution in [2.45, 2.75) is 37.4 Å². The molecular weight excluding hydrogens is 274 g/mol. The summed E-state index contributed by atoms with van der Waals surface area (Å²) >= 11 is 0. The third-order valence-electron chi connectivity index (χ3n) is 3.69. The Bertz CT molecular complexity index is 583. The Kier molecular flexibility index (Phi) is 5.02. The van der Waals surface area contributed by atoms with Gasteiger partial charge in [-0.1, -0.05) is 31.4 Å². The molecule has 0 bridgehead atoms. The minimum atomic E-state index is -3.08. The monoisotopic (exact) mass is 293 g/mol. The Hall–Kier alpha value is -1.54. The van der Waals surface area contributed by atoms with Crippen LogP contribution in [0.15, 0.2) is 24.3 Å². The van der Waals surface area contributed by atoms with Crippen LogP contribution >= 0.6 is 0 Å². The van der Waals surface area contributed by atoms with Gasteiger partial charge in [0.15, 0.2) is 9.84 Å². The van der Waals surface area contributed by atoms with Crippen molar-refractivity contribution in [2.24, 2.45) is 0 Å². The maximum Gasteiger partial charge on any atom is 0.156 e. The molecule has 0 aliphatic heterocycles. The topological polar surface area (TPSA) is 67.2 Å². The van der Waals surface area contributed by atoms with Crippen molar-refractivity contribution < 1.29 is 13.2 Å². The number of benzene rings is 1. The fourth-order valence-corrected chi connectivity index (χ4v) is 4.24. The van der Waals surface area contributed by atoms with Crippen molar-refractivity contribution in [3.63, 3.8) is 0 Å². The van der Waals surface area contributed by atoms with Crippen LogP contribution in [0.5, 0.6) is 5.75 Å². The fourth-order valence-electron chi connectivity index (χ4n) is 2.54. The molecule has 0 heterocycles. The summed E-state index contributed by atoms with van der Waals surface area (Å²) in [7, 11) is -3.08. The zero-order valence-electron chi connectivity index (χ0n) is 11.4. The maximum absolute atomic E-state index is 12.2. The first-order valence-electron chi connectivity index (χ1n) is 6.97. The highest BCUT2D eigenvalue weighted by Gasteiger charge is 2.26. The quantitative estimate of drug-likeness (QED) is 0.837. The number of nitrogens with zero attached hydrogens (tertiary/aromatic N) is 1. The number of para-hydroxylation sites is 1. The van der Waals surface area contributed by atoms with Crippen molar-refractivity contribution in [3.05, 3.63) is 29.8 Å². The first kappa shape index (κ1) is 14.9. The molecule has 2 rings (SSSR count). The van der Waals surface area contributed by atoms with Crippen LogP contribution in [-0.4, -0.2) is 26.0 Å². The van der Waals surface area contributed by atoms with Gasteiger partial charge in [-0.05, 0) is 25.0 Å². The Morgan fingerprint density at radius 1 is 1.20 bits per heavy atom. The number of hydrogen-bond donors (Lipinski definition) is 0. The minimum Gasteiger partial charge on any atom is -0.491 e. The zero-order valence-corrected chi connectivity index (χ0v) is 12.2. The molecule has 1 aromatic carbocycles. The molecule has 108 valence electrons. The van der Waals surface area contributed by atoms with Crippen molar-refractivity contribution in [1.29, 1.82) is 5.26 Å². The summed E-state index contributed by atoms with van der Waals surface area (Å²) < 4.78 is 29.8. The molecule has 0 radical (unpaired) electrons. The third kappa shape index (κ3) is 3.73. The van der Waals surface area contributed by atoms with E-state index in [1.54, 1.807) is 24.3 Å². The van der Waals surface area contributed by atoms with Gasteiger partial charge in [-0.2, -0.15) is 5.26 Å². The minimum absolute atomic E-state index is 0.0252. The van der Waals surface area contributed by atoms with Crippen molar-refractivity contribution in [3.8, 4) is 11.8 Å². The number of nitriles is 1. The van der Waals surface area contributed by atoms with Gasteiger partial charge < -0.3 is 4.74 Å². The Labute approximate surface area is 120 Å². The van der Waals surface area contributed by atoms with Gasteiger partial charge in [0.2, 0.25) is 0 Å². The molecule has 1 aromatic rings. The second-order valence-electron chi connectivity index (χ2n) is 5.08. The second-order valence-corrected chi connectivity index (χ2v) is 7.48. The molecule has 1 saturated carbocycles. The van der Waals surface area contributed by atoms with E-state index in [-0.39, 0.29) is 17.6 Å². The van der Waals surface area contributed by atoms with Crippen LogP contribution in [0.3, 0.4) is 0 Å². The zero-order chi connectivity index (χ0) is 14.4. The maximum atomic E-state index is 12.2. The average Bonchev–Trinajstić information content (AvgIpc) is 2.48. The highest BCUT2D eigenvalue weighted by atomic mass is 32.2. The predicted molar refractivity (Wildman–Crippen MR) is 77.3 cm³/mol. The largest absolute Gasteiger partial charge is 0.491 e. The lowest BCUT2D eigenvalue weighted by Crippen LogP contribution is -2.28. The van der Waals surface area contributed by atoms with Crippen LogP contribution < -0.4 is 4.74 Å². The van der Waals surface area contributed by atoms with Crippen molar-refractivity contribution >= 4 is 9.84 Å². The van der Waals surface area contributed by atoms with E-state index in [4.69, 9.17) is 10.00 Å². The molecule has 5 heteroatoms. The fraction of sp³-hybridized carbons (Fsp3) is 0.533. The van der Waals surface area contributed by atoms with E-state index in [9.17, 15) is 8.42 Å². The SMILES string of the molecule is N#Cc1ccccc1OCCS(=O)(=O)C1CCCCC1. The molecule has 20 heavy (non-hydrogen) atoms. The van der Waals surface area contributed by atoms with Crippen molar-refractivity contribution in [1.82, 2.24) is 0 Å².